The summed E-state index contributed by atoms with van der Waals surface area (Å²) in [5.74, 6) is 1.65. The maximum Gasteiger partial charge on any atom is 0.111 e. The molecule has 0 bridgehead atoms. The summed E-state index contributed by atoms with van der Waals surface area (Å²) in [5, 5.41) is 0. The summed E-state index contributed by atoms with van der Waals surface area (Å²) in [4.78, 5) is 6.05. The van der Waals surface area contributed by atoms with Crippen molar-refractivity contribution in [2.45, 2.75) is 19.9 Å². The van der Waals surface area contributed by atoms with E-state index in [1.807, 2.05) is 0 Å². The first-order valence-corrected chi connectivity index (χ1v) is 8.57. The third kappa shape index (κ3) is 2.78. The second kappa shape index (κ2) is 5.88. The van der Waals surface area contributed by atoms with Crippen LogP contribution < -0.4 is 0 Å². The average Bonchev–Trinajstić information content (AvgIpc) is 2.95. The SMILES string of the molecule is Cc1ccc2c(c1)nc(CCCl)n2Cc1ccc(Br)s1. The monoisotopic (exact) mass is 368 g/mol. The number of thiophene rings is 1. The van der Waals surface area contributed by atoms with Crippen LogP contribution in [0.15, 0.2) is 34.1 Å². The van der Waals surface area contributed by atoms with Crippen LogP contribution in [0.1, 0.15) is 16.3 Å². The Morgan fingerprint density at radius 1 is 1.30 bits per heavy atom. The van der Waals surface area contributed by atoms with Crippen LogP contribution in [0.3, 0.4) is 0 Å². The first-order valence-electron chi connectivity index (χ1n) is 6.43. The molecule has 0 unspecified atom stereocenters. The van der Waals surface area contributed by atoms with Crippen molar-refractivity contribution in [1.82, 2.24) is 9.55 Å². The lowest BCUT2D eigenvalue weighted by atomic mass is 10.2. The third-order valence-corrected chi connectivity index (χ3v) is 5.04. The molecule has 0 amide bonds. The summed E-state index contributed by atoms with van der Waals surface area (Å²) in [6.07, 6.45) is 0.793. The van der Waals surface area contributed by atoms with Crippen molar-refractivity contribution in [1.29, 1.82) is 0 Å². The molecule has 2 heterocycles. The number of nitrogens with zero attached hydrogens (tertiary/aromatic N) is 2. The quantitative estimate of drug-likeness (QED) is 0.592. The predicted octanol–water partition coefficient (Wildman–Crippen LogP) is 5.00. The lowest BCUT2D eigenvalue weighted by Gasteiger charge is -2.07. The van der Waals surface area contributed by atoms with E-state index < -0.39 is 0 Å². The number of benzene rings is 1. The van der Waals surface area contributed by atoms with Crippen LogP contribution in [0, 0.1) is 6.92 Å². The number of hydrogen-bond donors (Lipinski definition) is 0. The third-order valence-electron chi connectivity index (χ3n) is 3.24. The Balaban J connectivity index is 2.08. The van der Waals surface area contributed by atoms with E-state index >= 15 is 0 Å². The fourth-order valence-electron chi connectivity index (χ4n) is 2.33. The van der Waals surface area contributed by atoms with E-state index in [4.69, 9.17) is 16.6 Å². The molecule has 3 rings (SSSR count). The van der Waals surface area contributed by atoms with Gasteiger partial charge in [0.2, 0.25) is 0 Å². The maximum atomic E-state index is 5.92. The van der Waals surface area contributed by atoms with Crippen molar-refractivity contribution >= 4 is 49.9 Å². The molecule has 2 aromatic heterocycles. The molecule has 3 aromatic rings. The van der Waals surface area contributed by atoms with Crippen molar-refractivity contribution in [3.63, 3.8) is 0 Å². The Hall–Kier alpha value is -0.840. The van der Waals surface area contributed by atoms with Crippen LogP contribution in [0.5, 0.6) is 0 Å². The van der Waals surface area contributed by atoms with Crippen molar-refractivity contribution in [3.8, 4) is 0 Å². The summed E-state index contributed by atoms with van der Waals surface area (Å²) in [6, 6.07) is 10.7. The highest BCUT2D eigenvalue weighted by atomic mass is 79.9. The Morgan fingerprint density at radius 2 is 2.15 bits per heavy atom. The Labute approximate surface area is 135 Å². The van der Waals surface area contributed by atoms with Gasteiger partial charge >= 0.3 is 0 Å². The fourth-order valence-corrected chi connectivity index (χ4v) is 3.98. The number of alkyl halides is 1. The highest BCUT2D eigenvalue weighted by Gasteiger charge is 2.11. The fraction of sp³-hybridized carbons (Fsp3) is 0.267. The van der Waals surface area contributed by atoms with E-state index in [-0.39, 0.29) is 0 Å². The van der Waals surface area contributed by atoms with Gasteiger partial charge < -0.3 is 4.57 Å². The minimum atomic E-state index is 0.594. The van der Waals surface area contributed by atoms with Gasteiger partial charge in [-0.1, -0.05) is 6.07 Å². The number of rotatable bonds is 4. The number of imidazole rings is 1. The molecule has 1 aromatic carbocycles. The molecule has 0 saturated heterocycles. The number of aromatic nitrogens is 2. The minimum absolute atomic E-state index is 0.594. The second-order valence-corrected chi connectivity index (χ2v) is 7.68. The van der Waals surface area contributed by atoms with Gasteiger partial charge in [-0.05, 0) is 52.7 Å². The van der Waals surface area contributed by atoms with Crippen molar-refractivity contribution in [2.24, 2.45) is 0 Å². The highest BCUT2D eigenvalue weighted by molar-refractivity contribution is 9.11. The zero-order chi connectivity index (χ0) is 14.1. The van der Waals surface area contributed by atoms with Gasteiger partial charge in [0.1, 0.15) is 5.82 Å². The molecule has 0 radical (unpaired) electrons. The van der Waals surface area contributed by atoms with Gasteiger partial charge in [0.25, 0.3) is 0 Å². The molecule has 0 aliphatic heterocycles. The maximum absolute atomic E-state index is 5.92. The predicted molar refractivity (Wildman–Crippen MR) is 90.0 cm³/mol. The van der Waals surface area contributed by atoms with Gasteiger partial charge in [0.05, 0.1) is 21.4 Å². The van der Waals surface area contributed by atoms with Crippen LogP contribution in [-0.2, 0) is 13.0 Å². The molecule has 20 heavy (non-hydrogen) atoms. The van der Waals surface area contributed by atoms with Gasteiger partial charge in [-0.15, -0.1) is 22.9 Å². The lowest BCUT2D eigenvalue weighted by molar-refractivity contribution is 0.763. The highest BCUT2D eigenvalue weighted by Crippen LogP contribution is 2.26. The average molecular weight is 370 g/mol. The summed E-state index contributed by atoms with van der Waals surface area (Å²) < 4.78 is 3.43. The normalized spacial score (nSPS) is 11.3. The number of aryl methyl sites for hydroxylation is 2. The van der Waals surface area contributed by atoms with Crippen LogP contribution in [0.25, 0.3) is 11.0 Å². The van der Waals surface area contributed by atoms with Gasteiger partial charge in [0.15, 0.2) is 0 Å². The first-order chi connectivity index (χ1) is 9.67. The van der Waals surface area contributed by atoms with Gasteiger partial charge in [-0.25, -0.2) is 4.98 Å². The van der Waals surface area contributed by atoms with Crippen LogP contribution in [0.4, 0.5) is 0 Å². The summed E-state index contributed by atoms with van der Waals surface area (Å²) in [6.45, 7) is 2.94. The molecule has 2 nitrogen and oxygen atoms in total. The Bertz CT molecular complexity index is 747. The molecule has 0 atom stereocenters. The molecule has 0 aliphatic rings. The molecule has 0 saturated carbocycles. The number of fused-ring (bicyclic) bond motifs is 1. The van der Waals surface area contributed by atoms with Gasteiger partial charge in [-0.2, -0.15) is 0 Å². The molecule has 104 valence electrons. The zero-order valence-electron chi connectivity index (χ0n) is 11.1. The largest absolute Gasteiger partial charge is 0.323 e. The van der Waals surface area contributed by atoms with E-state index in [2.05, 4.69) is 57.8 Å². The summed E-state index contributed by atoms with van der Waals surface area (Å²) >= 11 is 11.2. The van der Waals surface area contributed by atoms with Crippen LogP contribution >= 0.6 is 38.9 Å². The number of halogens is 2. The standard InChI is InChI=1S/C15H14BrClN2S/c1-10-2-4-13-12(8-10)18-15(6-7-17)19(13)9-11-3-5-14(16)20-11/h2-5,8H,6-7,9H2,1H3. The summed E-state index contributed by atoms with van der Waals surface area (Å²) in [7, 11) is 0. The van der Waals surface area contributed by atoms with Crippen molar-refractivity contribution in [2.75, 3.05) is 5.88 Å². The zero-order valence-corrected chi connectivity index (χ0v) is 14.2. The van der Waals surface area contributed by atoms with E-state index in [9.17, 15) is 0 Å². The molecule has 0 spiro atoms. The number of hydrogen-bond acceptors (Lipinski definition) is 2. The first kappa shape index (κ1) is 14.1. The van der Waals surface area contributed by atoms with E-state index in [0.29, 0.717) is 5.88 Å². The lowest BCUT2D eigenvalue weighted by Crippen LogP contribution is -2.04. The molecular weight excluding hydrogens is 356 g/mol. The van der Waals surface area contributed by atoms with Crippen LogP contribution in [-0.4, -0.2) is 15.4 Å². The van der Waals surface area contributed by atoms with E-state index in [0.717, 1.165) is 28.1 Å². The molecule has 0 aliphatic carbocycles. The smallest absolute Gasteiger partial charge is 0.111 e. The van der Waals surface area contributed by atoms with Gasteiger partial charge in [0, 0.05) is 17.2 Å². The molecule has 0 fully saturated rings. The van der Waals surface area contributed by atoms with Crippen LogP contribution in [0.2, 0.25) is 0 Å². The second-order valence-electron chi connectivity index (χ2n) is 4.75. The Kier molecular flexibility index (Phi) is 4.15. The topological polar surface area (TPSA) is 17.8 Å². The molecule has 0 N–H and O–H groups in total. The van der Waals surface area contributed by atoms with Crippen molar-refractivity contribution < 1.29 is 0 Å². The molecular formula is C15H14BrClN2S. The van der Waals surface area contributed by atoms with Crippen molar-refractivity contribution in [3.05, 3.63) is 50.4 Å². The minimum Gasteiger partial charge on any atom is -0.323 e. The molecule has 5 heteroatoms. The summed E-state index contributed by atoms with van der Waals surface area (Å²) in [5.41, 5.74) is 3.47. The Morgan fingerprint density at radius 3 is 2.85 bits per heavy atom. The van der Waals surface area contributed by atoms with E-state index in [1.54, 1.807) is 11.3 Å². The van der Waals surface area contributed by atoms with Gasteiger partial charge in [-0.3, -0.25) is 0 Å². The van der Waals surface area contributed by atoms with E-state index in [1.165, 1.54) is 16.0 Å².